The van der Waals surface area contributed by atoms with Gasteiger partial charge in [-0.15, -0.1) is 0 Å². The number of carbonyl (C=O) groups excluding carboxylic acids is 2. The van der Waals surface area contributed by atoms with Gasteiger partial charge in [-0.2, -0.15) is 0 Å². The average molecular weight is 396 g/mol. The van der Waals surface area contributed by atoms with E-state index in [1.54, 1.807) is 19.1 Å². The number of fused-ring (bicyclic) bond motifs is 1. The quantitative estimate of drug-likeness (QED) is 0.605. The number of anilines is 1. The Bertz CT molecular complexity index is 886. The molecule has 2 N–H and O–H groups in total. The van der Waals surface area contributed by atoms with Gasteiger partial charge in [-0.3, -0.25) is 4.79 Å². The summed E-state index contributed by atoms with van der Waals surface area (Å²) in [5.41, 5.74) is 11.3. The first-order chi connectivity index (χ1) is 13.9. The van der Waals surface area contributed by atoms with E-state index in [0.717, 1.165) is 35.2 Å². The molecular weight excluding hydrogens is 368 g/mol. The molecule has 1 amide bonds. The van der Waals surface area contributed by atoms with Crippen LogP contribution in [0.3, 0.4) is 0 Å². The van der Waals surface area contributed by atoms with Crippen LogP contribution in [0.15, 0.2) is 36.4 Å². The summed E-state index contributed by atoms with van der Waals surface area (Å²) in [4.78, 5) is 26.4. The Balaban J connectivity index is 1.75. The molecule has 6 heteroatoms. The summed E-state index contributed by atoms with van der Waals surface area (Å²) in [7, 11) is 0. The van der Waals surface area contributed by atoms with E-state index in [0.29, 0.717) is 12.3 Å². The molecule has 154 valence electrons. The van der Waals surface area contributed by atoms with E-state index < -0.39 is 12.2 Å². The fraction of sp³-hybridized carbons (Fsp3) is 0.391. The molecule has 0 spiro atoms. The summed E-state index contributed by atoms with van der Waals surface area (Å²) >= 11 is 0. The van der Waals surface area contributed by atoms with Crippen molar-refractivity contribution in [2.75, 3.05) is 18.1 Å². The Morgan fingerprint density at radius 3 is 2.55 bits per heavy atom. The van der Waals surface area contributed by atoms with Crippen molar-refractivity contribution in [1.29, 1.82) is 0 Å². The van der Waals surface area contributed by atoms with Gasteiger partial charge in [-0.05, 0) is 74.1 Å². The maximum Gasteiger partial charge on any atom is 0.513 e. The van der Waals surface area contributed by atoms with Gasteiger partial charge in [0.1, 0.15) is 5.75 Å². The van der Waals surface area contributed by atoms with E-state index in [1.165, 1.54) is 5.56 Å². The van der Waals surface area contributed by atoms with Crippen molar-refractivity contribution in [3.63, 3.8) is 0 Å². The first kappa shape index (κ1) is 20.9. The minimum atomic E-state index is -0.734. The molecule has 0 fully saturated rings. The third-order valence-electron chi connectivity index (χ3n) is 5.21. The predicted octanol–water partition coefficient (Wildman–Crippen LogP) is 4.21. The van der Waals surface area contributed by atoms with E-state index in [9.17, 15) is 9.59 Å². The molecule has 2 aromatic carbocycles. The lowest BCUT2D eigenvalue weighted by Crippen LogP contribution is -2.37. The van der Waals surface area contributed by atoms with Crippen LogP contribution in [-0.2, 0) is 16.0 Å². The van der Waals surface area contributed by atoms with Crippen molar-refractivity contribution in [3.8, 4) is 5.75 Å². The van der Waals surface area contributed by atoms with Crippen LogP contribution in [0.25, 0.3) is 0 Å². The van der Waals surface area contributed by atoms with Crippen LogP contribution < -0.4 is 15.4 Å². The molecule has 1 heterocycles. The number of benzene rings is 2. The molecule has 29 heavy (non-hydrogen) atoms. The van der Waals surface area contributed by atoms with Crippen molar-refractivity contribution in [2.24, 2.45) is 5.73 Å². The molecule has 0 radical (unpaired) electrons. The number of aryl methyl sites for hydroxylation is 3. The molecule has 2 aromatic rings. The molecule has 1 unspecified atom stereocenters. The second kappa shape index (κ2) is 9.09. The maximum atomic E-state index is 13.0. The number of rotatable bonds is 5. The number of nitrogens with two attached hydrogens (primary N) is 1. The lowest BCUT2D eigenvalue weighted by Gasteiger charge is -2.30. The van der Waals surface area contributed by atoms with E-state index in [4.69, 9.17) is 15.2 Å². The van der Waals surface area contributed by atoms with E-state index >= 15 is 0 Å². The molecule has 0 saturated heterocycles. The summed E-state index contributed by atoms with van der Waals surface area (Å²) in [5, 5.41) is 0. The monoisotopic (exact) mass is 396 g/mol. The Kier molecular flexibility index (Phi) is 6.54. The highest BCUT2D eigenvalue weighted by Gasteiger charge is 2.25. The number of carbonyl (C=O) groups is 2. The Morgan fingerprint density at radius 2 is 1.86 bits per heavy atom. The third-order valence-corrected chi connectivity index (χ3v) is 5.21. The highest BCUT2D eigenvalue weighted by molar-refractivity contribution is 5.95. The molecule has 0 bridgehead atoms. The number of hydrogen-bond acceptors (Lipinski definition) is 5. The van der Waals surface area contributed by atoms with Crippen LogP contribution in [0.2, 0.25) is 0 Å². The lowest BCUT2D eigenvalue weighted by molar-refractivity contribution is -0.119. The maximum absolute atomic E-state index is 13.0. The summed E-state index contributed by atoms with van der Waals surface area (Å²) in [6, 6.07) is 11.1. The lowest BCUT2D eigenvalue weighted by atomic mass is 9.93. The van der Waals surface area contributed by atoms with Crippen molar-refractivity contribution < 1.29 is 19.1 Å². The fourth-order valence-electron chi connectivity index (χ4n) is 4.02. The fourth-order valence-corrected chi connectivity index (χ4v) is 4.02. The number of ether oxygens (including phenoxy) is 2. The zero-order valence-corrected chi connectivity index (χ0v) is 17.2. The normalized spacial score (nSPS) is 14.1. The molecule has 0 aromatic heterocycles. The second-order valence-electron chi connectivity index (χ2n) is 7.34. The van der Waals surface area contributed by atoms with Crippen molar-refractivity contribution in [2.45, 2.75) is 46.1 Å². The highest BCUT2D eigenvalue weighted by atomic mass is 16.7. The molecule has 1 atom stereocenters. The first-order valence-corrected chi connectivity index (χ1v) is 10.00. The molecular formula is C23H28N2O4. The summed E-state index contributed by atoms with van der Waals surface area (Å²) in [6.07, 6.45) is 1.43. The largest absolute Gasteiger partial charge is 0.513 e. The number of para-hydroxylation sites is 1. The van der Waals surface area contributed by atoms with Crippen LogP contribution >= 0.6 is 0 Å². The Labute approximate surface area is 171 Å². The van der Waals surface area contributed by atoms with Gasteiger partial charge in [0.25, 0.3) is 0 Å². The number of amides is 1. The van der Waals surface area contributed by atoms with Crippen LogP contribution in [0.5, 0.6) is 5.75 Å². The minimum absolute atomic E-state index is 0.0234. The van der Waals surface area contributed by atoms with Crippen molar-refractivity contribution >= 4 is 17.7 Å². The number of hydrogen-bond donors (Lipinski definition) is 1. The summed E-state index contributed by atoms with van der Waals surface area (Å²) in [6.45, 7) is 6.49. The molecule has 1 aliphatic heterocycles. The molecule has 0 aliphatic carbocycles. The van der Waals surface area contributed by atoms with Gasteiger partial charge in [0.15, 0.2) is 0 Å². The predicted molar refractivity (Wildman–Crippen MR) is 112 cm³/mol. The van der Waals surface area contributed by atoms with Gasteiger partial charge in [-0.1, -0.05) is 18.2 Å². The van der Waals surface area contributed by atoms with Crippen molar-refractivity contribution in [3.05, 3.63) is 58.7 Å². The van der Waals surface area contributed by atoms with Gasteiger partial charge < -0.3 is 20.1 Å². The highest BCUT2D eigenvalue weighted by Crippen LogP contribution is 2.31. The van der Waals surface area contributed by atoms with E-state index in [-0.39, 0.29) is 18.9 Å². The SMILES string of the molecule is CCOC(=O)Oc1cc(C)c(C(N)CC(=O)N2CCCc3ccccc32)c(C)c1. The Hall–Kier alpha value is -2.86. The van der Waals surface area contributed by atoms with Gasteiger partial charge in [-0.25, -0.2) is 4.79 Å². The van der Waals surface area contributed by atoms with Crippen LogP contribution in [0, 0.1) is 13.8 Å². The van der Waals surface area contributed by atoms with E-state index in [1.807, 2.05) is 36.9 Å². The minimum Gasteiger partial charge on any atom is -0.434 e. The summed E-state index contributed by atoms with van der Waals surface area (Å²) < 4.78 is 10.0. The van der Waals surface area contributed by atoms with Crippen LogP contribution in [-0.4, -0.2) is 25.2 Å². The van der Waals surface area contributed by atoms with Gasteiger partial charge in [0.2, 0.25) is 5.91 Å². The summed E-state index contributed by atoms with van der Waals surface area (Å²) in [5.74, 6) is 0.431. The second-order valence-corrected chi connectivity index (χ2v) is 7.34. The topological polar surface area (TPSA) is 81.9 Å². The zero-order chi connectivity index (χ0) is 21.0. The standard InChI is InChI=1S/C23H28N2O4/c1-4-28-23(27)29-18-12-15(2)22(16(3)13-18)19(24)14-21(26)25-11-7-9-17-8-5-6-10-20(17)25/h5-6,8,10,12-13,19H,4,7,9,11,14,24H2,1-3H3. The van der Waals surface area contributed by atoms with Gasteiger partial charge >= 0.3 is 6.16 Å². The third kappa shape index (κ3) is 4.77. The Morgan fingerprint density at radius 1 is 1.17 bits per heavy atom. The van der Waals surface area contributed by atoms with Gasteiger partial charge in [0, 0.05) is 24.7 Å². The first-order valence-electron chi connectivity index (χ1n) is 10.00. The van der Waals surface area contributed by atoms with Crippen LogP contribution in [0.4, 0.5) is 10.5 Å². The molecule has 3 rings (SSSR count). The molecule has 0 saturated carbocycles. The molecule has 6 nitrogen and oxygen atoms in total. The van der Waals surface area contributed by atoms with Gasteiger partial charge in [0.05, 0.1) is 6.61 Å². The van der Waals surface area contributed by atoms with Crippen LogP contribution in [0.1, 0.15) is 48.1 Å². The average Bonchev–Trinajstić information content (AvgIpc) is 2.67. The number of nitrogens with zero attached hydrogens (tertiary/aromatic N) is 1. The smallest absolute Gasteiger partial charge is 0.434 e. The van der Waals surface area contributed by atoms with E-state index in [2.05, 4.69) is 6.07 Å². The van der Waals surface area contributed by atoms with Crippen molar-refractivity contribution in [1.82, 2.24) is 0 Å². The zero-order valence-electron chi connectivity index (χ0n) is 17.2. The molecule has 1 aliphatic rings.